The molecular formula is C19H14ClN5O. The zero-order valence-electron chi connectivity index (χ0n) is 13.8. The summed E-state index contributed by atoms with van der Waals surface area (Å²) in [5.74, 6) is 0.0329. The van der Waals surface area contributed by atoms with Crippen molar-refractivity contribution >= 4 is 34.8 Å². The summed E-state index contributed by atoms with van der Waals surface area (Å²) < 4.78 is 0. The standard InChI is InChI=1S/C19H14ClN5O/c1-12-16(20)3-2-4-17(12)25-18(26)14-10-22-19(23-11-14)24-15-7-5-13(9-21)6-8-15/h2-8,10-11H,1H3,(H,25,26)(H,22,23,24). The van der Waals surface area contributed by atoms with Crippen LogP contribution in [0.15, 0.2) is 54.9 Å². The Morgan fingerprint density at radius 1 is 1.12 bits per heavy atom. The third-order valence-electron chi connectivity index (χ3n) is 3.70. The van der Waals surface area contributed by atoms with Crippen LogP contribution < -0.4 is 10.6 Å². The smallest absolute Gasteiger partial charge is 0.258 e. The molecule has 1 aromatic heterocycles. The van der Waals surface area contributed by atoms with Gasteiger partial charge < -0.3 is 10.6 Å². The van der Waals surface area contributed by atoms with Crippen molar-refractivity contribution in [1.82, 2.24) is 9.97 Å². The molecule has 0 atom stereocenters. The Morgan fingerprint density at radius 2 is 1.81 bits per heavy atom. The van der Waals surface area contributed by atoms with Crippen LogP contribution in [-0.2, 0) is 0 Å². The first-order chi connectivity index (χ1) is 12.6. The first kappa shape index (κ1) is 17.4. The lowest BCUT2D eigenvalue weighted by atomic mass is 10.2. The number of anilines is 3. The predicted octanol–water partition coefficient (Wildman–Crippen LogP) is 4.31. The highest BCUT2D eigenvalue weighted by Crippen LogP contribution is 2.23. The van der Waals surface area contributed by atoms with Crippen LogP contribution in [0.4, 0.5) is 17.3 Å². The minimum absolute atomic E-state index is 0.319. The Balaban J connectivity index is 1.69. The van der Waals surface area contributed by atoms with Gasteiger partial charge in [0.25, 0.3) is 5.91 Å². The molecule has 7 heteroatoms. The number of nitrogens with zero attached hydrogens (tertiary/aromatic N) is 3. The number of amides is 1. The molecule has 2 N–H and O–H groups in total. The van der Waals surface area contributed by atoms with Crippen molar-refractivity contribution in [1.29, 1.82) is 5.26 Å². The summed E-state index contributed by atoms with van der Waals surface area (Å²) >= 11 is 6.06. The summed E-state index contributed by atoms with van der Waals surface area (Å²) in [7, 11) is 0. The van der Waals surface area contributed by atoms with E-state index in [1.807, 2.05) is 6.92 Å². The molecule has 0 aliphatic rings. The van der Waals surface area contributed by atoms with Crippen LogP contribution >= 0.6 is 11.6 Å². The molecule has 6 nitrogen and oxygen atoms in total. The number of halogens is 1. The van der Waals surface area contributed by atoms with E-state index in [1.165, 1.54) is 12.4 Å². The normalized spacial score (nSPS) is 10.0. The Kier molecular flexibility index (Phi) is 5.11. The molecule has 2 aromatic carbocycles. The number of benzene rings is 2. The molecule has 26 heavy (non-hydrogen) atoms. The van der Waals surface area contributed by atoms with Gasteiger partial charge in [0.15, 0.2) is 0 Å². The highest BCUT2D eigenvalue weighted by atomic mass is 35.5. The van der Waals surface area contributed by atoms with Crippen molar-refractivity contribution in [3.8, 4) is 6.07 Å². The molecule has 0 bridgehead atoms. The Bertz CT molecular complexity index is 978. The molecule has 0 spiro atoms. The largest absolute Gasteiger partial charge is 0.324 e. The van der Waals surface area contributed by atoms with Crippen LogP contribution in [0.5, 0.6) is 0 Å². The van der Waals surface area contributed by atoms with E-state index in [-0.39, 0.29) is 5.91 Å². The molecule has 128 valence electrons. The number of hydrogen-bond donors (Lipinski definition) is 2. The topological polar surface area (TPSA) is 90.7 Å². The Labute approximate surface area is 155 Å². The maximum Gasteiger partial charge on any atom is 0.258 e. The second-order valence-corrected chi connectivity index (χ2v) is 5.88. The van der Waals surface area contributed by atoms with Gasteiger partial charge in [0, 0.05) is 28.8 Å². The van der Waals surface area contributed by atoms with Crippen molar-refractivity contribution in [2.24, 2.45) is 0 Å². The second-order valence-electron chi connectivity index (χ2n) is 5.48. The summed E-state index contributed by atoms with van der Waals surface area (Å²) in [5, 5.41) is 15.2. The first-order valence-electron chi connectivity index (χ1n) is 7.72. The molecule has 1 heterocycles. The fourth-order valence-electron chi connectivity index (χ4n) is 2.20. The van der Waals surface area contributed by atoms with Gasteiger partial charge >= 0.3 is 0 Å². The quantitative estimate of drug-likeness (QED) is 0.720. The van der Waals surface area contributed by atoms with Crippen LogP contribution in [0.25, 0.3) is 0 Å². The maximum atomic E-state index is 12.3. The average molecular weight is 364 g/mol. The highest BCUT2D eigenvalue weighted by molar-refractivity contribution is 6.31. The van der Waals surface area contributed by atoms with E-state index >= 15 is 0 Å². The van der Waals surface area contributed by atoms with E-state index in [4.69, 9.17) is 16.9 Å². The zero-order valence-corrected chi connectivity index (χ0v) is 14.6. The molecule has 0 fully saturated rings. The van der Waals surface area contributed by atoms with Crippen molar-refractivity contribution < 1.29 is 4.79 Å². The van der Waals surface area contributed by atoms with E-state index in [0.717, 1.165) is 11.3 Å². The third-order valence-corrected chi connectivity index (χ3v) is 4.11. The van der Waals surface area contributed by atoms with Gasteiger partial charge in [-0.25, -0.2) is 9.97 Å². The lowest BCUT2D eigenvalue weighted by Crippen LogP contribution is -2.14. The van der Waals surface area contributed by atoms with Crippen LogP contribution in [-0.4, -0.2) is 15.9 Å². The monoisotopic (exact) mass is 363 g/mol. The summed E-state index contributed by atoms with van der Waals surface area (Å²) in [6.45, 7) is 1.83. The Hall–Kier alpha value is -3.43. The summed E-state index contributed by atoms with van der Waals surface area (Å²) in [4.78, 5) is 20.6. The van der Waals surface area contributed by atoms with E-state index in [9.17, 15) is 4.79 Å². The molecule has 3 aromatic rings. The summed E-state index contributed by atoms with van der Waals surface area (Å²) in [6.07, 6.45) is 2.88. The number of nitriles is 1. The minimum atomic E-state index is -0.319. The zero-order chi connectivity index (χ0) is 18.5. The molecule has 0 unspecified atom stereocenters. The predicted molar refractivity (Wildman–Crippen MR) is 101 cm³/mol. The second kappa shape index (κ2) is 7.64. The molecule has 3 rings (SSSR count). The maximum absolute atomic E-state index is 12.3. The van der Waals surface area contributed by atoms with Crippen LogP contribution in [0.2, 0.25) is 5.02 Å². The molecule has 0 saturated heterocycles. The lowest BCUT2D eigenvalue weighted by molar-refractivity contribution is 0.102. The molecule has 0 radical (unpaired) electrons. The summed E-state index contributed by atoms with van der Waals surface area (Å²) in [5.41, 5.74) is 3.08. The van der Waals surface area contributed by atoms with E-state index < -0.39 is 0 Å². The fraction of sp³-hybridized carbons (Fsp3) is 0.0526. The number of carbonyl (C=O) groups excluding carboxylic acids is 1. The molecule has 0 saturated carbocycles. The van der Waals surface area contributed by atoms with Crippen molar-refractivity contribution in [2.75, 3.05) is 10.6 Å². The highest BCUT2D eigenvalue weighted by Gasteiger charge is 2.10. The van der Waals surface area contributed by atoms with Gasteiger partial charge in [-0.3, -0.25) is 4.79 Å². The van der Waals surface area contributed by atoms with Gasteiger partial charge in [-0.2, -0.15) is 5.26 Å². The molecular weight excluding hydrogens is 350 g/mol. The number of hydrogen-bond acceptors (Lipinski definition) is 5. The van der Waals surface area contributed by atoms with Crippen LogP contribution in [0.3, 0.4) is 0 Å². The summed E-state index contributed by atoms with van der Waals surface area (Å²) in [6, 6.07) is 14.3. The van der Waals surface area contributed by atoms with Crippen molar-refractivity contribution in [3.05, 3.63) is 76.6 Å². The minimum Gasteiger partial charge on any atom is -0.324 e. The van der Waals surface area contributed by atoms with Gasteiger partial charge in [-0.05, 0) is 48.9 Å². The van der Waals surface area contributed by atoms with Crippen LogP contribution in [0, 0.1) is 18.3 Å². The lowest BCUT2D eigenvalue weighted by Gasteiger charge is -2.09. The first-order valence-corrected chi connectivity index (χ1v) is 8.10. The molecule has 1 amide bonds. The van der Waals surface area contributed by atoms with Crippen molar-refractivity contribution in [3.63, 3.8) is 0 Å². The van der Waals surface area contributed by atoms with Gasteiger partial charge in [-0.15, -0.1) is 0 Å². The van der Waals surface area contributed by atoms with E-state index in [0.29, 0.717) is 27.8 Å². The Morgan fingerprint density at radius 3 is 2.46 bits per heavy atom. The van der Waals surface area contributed by atoms with Gasteiger partial charge in [0.2, 0.25) is 5.95 Å². The average Bonchev–Trinajstić information content (AvgIpc) is 2.66. The van der Waals surface area contributed by atoms with Crippen LogP contribution in [0.1, 0.15) is 21.5 Å². The van der Waals surface area contributed by atoms with E-state index in [1.54, 1.807) is 42.5 Å². The third kappa shape index (κ3) is 3.97. The SMILES string of the molecule is Cc1c(Cl)cccc1NC(=O)c1cnc(Nc2ccc(C#N)cc2)nc1. The molecule has 0 aliphatic carbocycles. The van der Waals surface area contributed by atoms with Crippen molar-refractivity contribution in [2.45, 2.75) is 6.92 Å². The fourth-order valence-corrected chi connectivity index (χ4v) is 2.38. The number of nitrogens with one attached hydrogen (secondary N) is 2. The van der Waals surface area contributed by atoms with E-state index in [2.05, 4.69) is 26.7 Å². The van der Waals surface area contributed by atoms with Gasteiger partial charge in [-0.1, -0.05) is 17.7 Å². The number of rotatable bonds is 4. The molecule has 0 aliphatic heterocycles. The number of carbonyl (C=O) groups is 1. The number of aromatic nitrogens is 2. The van der Waals surface area contributed by atoms with Gasteiger partial charge in [0.05, 0.1) is 17.2 Å². The van der Waals surface area contributed by atoms with Gasteiger partial charge in [0.1, 0.15) is 0 Å².